The Bertz CT molecular complexity index is 789. The Labute approximate surface area is 183 Å². The van der Waals surface area contributed by atoms with Gasteiger partial charge in [0.25, 0.3) is 5.91 Å². The van der Waals surface area contributed by atoms with Crippen LogP contribution in [0.25, 0.3) is 0 Å². The van der Waals surface area contributed by atoms with Crippen LogP contribution in [0, 0.1) is 0 Å². The maximum Gasteiger partial charge on any atom is 0.324 e. The molecule has 1 atom stereocenters. The number of ether oxygens (including phenoxy) is 2. The van der Waals surface area contributed by atoms with Crippen LogP contribution in [0.5, 0.6) is 11.5 Å². The SMILES string of the molecule is COc1ccc(CCN2C(=O)N[C@H](CCC(=O)NC3CCCCCC3)C2=O)cc1OC. The van der Waals surface area contributed by atoms with E-state index in [1.54, 1.807) is 20.3 Å². The summed E-state index contributed by atoms with van der Waals surface area (Å²) >= 11 is 0. The summed E-state index contributed by atoms with van der Waals surface area (Å²) in [6.45, 7) is 0.269. The zero-order valence-corrected chi connectivity index (χ0v) is 18.4. The number of carbonyl (C=O) groups excluding carboxylic acids is 3. The first-order valence-electron chi connectivity index (χ1n) is 11.1. The molecule has 0 radical (unpaired) electrons. The van der Waals surface area contributed by atoms with Crippen LogP contribution in [0.1, 0.15) is 56.9 Å². The number of nitrogens with zero attached hydrogens (tertiary/aromatic N) is 1. The monoisotopic (exact) mass is 431 g/mol. The molecule has 1 aliphatic carbocycles. The van der Waals surface area contributed by atoms with Crippen LogP contribution in [0.2, 0.25) is 0 Å². The Morgan fingerprint density at radius 1 is 1.10 bits per heavy atom. The first kappa shape index (κ1) is 22.9. The molecule has 1 aromatic rings. The van der Waals surface area contributed by atoms with Crippen LogP contribution in [0.15, 0.2) is 18.2 Å². The molecule has 1 saturated heterocycles. The molecule has 8 heteroatoms. The predicted octanol–water partition coefficient (Wildman–Crippen LogP) is 2.79. The van der Waals surface area contributed by atoms with Crippen molar-refractivity contribution in [1.82, 2.24) is 15.5 Å². The van der Waals surface area contributed by atoms with E-state index in [-0.39, 0.29) is 30.8 Å². The number of hydrogen-bond donors (Lipinski definition) is 2. The summed E-state index contributed by atoms with van der Waals surface area (Å²) in [5.41, 5.74) is 0.935. The first-order valence-corrected chi connectivity index (χ1v) is 11.1. The number of methoxy groups -OCH3 is 2. The summed E-state index contributed by atoms with van der Waals surface area (Å²) < 4.78 is 10.5. The van der Waals surface area contributed by atoms with E-state index in [1.165, 1.54) is 17.7 Å². The molecule has 0 aromatic heterocycles. The zero-order chi connectivity index (χ0) is 22.2. The Kier molecular flexibility index (Phi) is 8.14. The van der Waals surface area contributed by atoms with E-state index in [2.05, 4.69) is 10.6 Å². The fraction of sp³-hybridized carbons (Fsp3) is 0.609. The molecule has 4 amide bonds. The Balaban J connectivity index is 1.47. The van der Waals surface area contributed by atoms with Gasteiger partial charge in [-0.3, -0.25) is 14.5 Å². The van der Waals surface area contributed by atoms with Gasteiger partial charge in [-0.15, -0.1) is 0 Å². The van der Waals surface area contributed by atoms with Crippen molar-refractivity contribution >= 4 is 17.8 Å². The highest BCUT2D eigenvalue weighted by Gasteiger charge is 2.37. The lowest BCUT2D eigenvalue weighted by Gasteiger charge is -2.17. The van der Waals surface area contributed by atoms with Crippen molar-refractivity contribution in [1.29, 1.82) is 0 Å². The highest BCUT2D eigenvalue weighted by molar-refractivity contribution is 6.04. The number of benzene rings is 1. The summed E-state index contributed by atoms with van der Waals surface area (Å²) in [6, 6.07) is 4.72. The van der Waals surface area contributed by atoms with E-state index in [1.807, 2.05) is 12.1 Å². The number of amides is 4. The summed E-state index contributed by atoms with van der Waals surface area (Å²) in [7, 11) is 3.14. The summed E-state index contributed by atoms with van der Waals surface area (Å²) in [4.78, 5) is 38.5. The van der Waals surface area contributed by atoms with Gasteiger partial charge in [0.15, 0.2) is 11.5 Å². The molecule has 2 aliphatic rings. The number of hydrogen-bond acceptors (Lipinski definition) is 5. The largest absolute Gasteiger partial charge is 0.493 e. The van der Waals surface area contributed by atoms with E-state index < -0.39 is 12.1 Å². The van der Waals surface area contributed by atoms with Crippen molar-refractivity contribution in [3.63, 3.8) is 0 Å². The predicted molar refractivity (Wildman–Crippen MR) is 116 cm³/mol. The molecule has 0 unspecified atom stereocenters. The van der Waals surface area contributed by atoms with Gasteiger partial charge < -0.3 is 20.1 Å². The molecule has 1 aliphatic heterocycles. The molecule has 2 N–H and O–H groups in total. The van der Waals surface area contributed by atoms with Crippen molar-refractivity contribution in [2.75, 3.05) is 20.8 Å². The van der Waals surface area contributed by atoms with Gasteiger partial charge in [0, 0.05) is 19.0 Å². The topological polar surface area (TPSA) is 97.0 Å². The second kappa shape index (κ2) is 11.0. The second-order valence-corrected chi connectivity index (χ2v) is 8.23. The Hall–Kier alpha value is -2.77. The van der Waals surface area contributed by atoms with Crippen LogP contribution >= 0.6 is 0 Å². The fourth-order valence-corrected chi connectivity index (χ4v) is 4.26. The highest BCUT2D eigenvalue weighted by atomic mass is 16.5. The maximum absolute atomic E-state index is 12.7. The minimum absolute atomic E-state index is 0.0438. The van der Waals surface area contributed by atoms with Gasteiger partial charge in [-0.05, 0) is 43.4 Å². The van der Waals surface area contributed by atoms with Crippen molar-refractivity contribution in [2.45, 2.75) is 69.9 Å². The summed E-state index contributed by atoms with van der Waals surface area (Å²) in [5.74, 6) is 0.920. The van der Waals surface area contributed by atoms with Gasteiger partial charge in [0.2, 0.25) is 5.91 Å². The molecule has 170 valence electrons. The third-order valence-corrected chi connectivity index (χ3v) is 6.06. The molecule has 0 spiro atoms. The van der Waals surface area contributed by atoms with Gasteiger partial charge in [-0.1, -0.05) is 31.7 Å². The van der Waals surface area contributed by atoms with Crippen molar-refractivity contribution in [3.8, 4) is 11.5 Å². The molecule has 0 bridgehead atoms. The molecule has 31 heavy (non-hydrogen) atoms. The molecule has 2 fully saturated rings. The molecule has 8 nitrogen and oxygen atoms in total. The van der Waals surface area contributed by atoms with Gasteiger partial charge in [-0.2, -0.15) is 0 Å². The van der Waals surface area contributed by atoms with E-state index in [9.17, 15) is 14.4 Å². The molecule has 1 aromatic carbocycles. The number of rotatable bonds is 9. The van der Waals surface area contributed by atoms with Gasteiger partial charge >= 0.3 is 6.03 Å². The number of urea groups is 1. The van der Waals surface area contributed by atoms with Crippen LogP contribution < -0.4 is 20.1 Å². The lowest BCUT2D eigenvalue weighted by Crippen LogP contribution is -2.36. The molecular formula is C23H33N3O5. The Morgan fingerprint density at radius 2 is 1.81 bits per heavy atom. The second-order valence-electron chi connectivity index (χ2n) is 8.23. The average Bonchev–Trinajstić information content (AvgIpc) is 2.93. The number of carbonyl (C=O) groups is 3. The van der Waals surface area contributed by atoms with Gasteiger partial charge in [0.1, 0.15) is 6.04 Å². The summed E-state index contributed by atoms with van der Waals surface area (Å²) in [5, 5.41) is 5.80. The van der Waals surface area contributed by atoms with Crippen molar-refractivity contribution in [2.24, 2.45) is 0 Å². The molecular weight excluding hydrogens is 398 g/mol. The van der Waals surface area contributed by atoms with Crippen molar-refractivity contribution in [3.05, 3.63) is 23.8 Å². The normalized spacial score (nSPS) is 19.7. The minimum atomic E-state index is -0.641. The lowest BCUT2D eigenvalue weighted by molar-refractivity contribution is -0.127. The third-order valence-electron chi connectivity index (χ3n) is 6.06. The Morgan fingerprint density at radius 3 is 2.48 bits per heavy atom. The zero-order valence-electron chi connectivity index (χ0n) is 18.4. The van der Waals surface area contributed by atoms with E-state index in [4.69, 9.17) is 9.47 Å². The molecule has 1 saturated carbocycles. The van der Waals surface area contributed by atoms with E-state index in [0.29, 0.717) is 24.3 Å². The smallest absolute Gasteiger partial charge is 0.324 e. The number of imide groups is 1. The van der Waals surface area contributed by atoms with Crippen LogP contribution in [0.3, 0.4) is 0 Å². The fourth-order valence-electron chi connectivity index (χ4n) is 4.26. The quantitative estimate of drug-likeness (QED) is 0.463. The molecule has 1 heterocycles. The van der Waals surface area contributed by atoms with Crippen molar-refractivity contribution < 1.29 is 23.9 Å². The van der Waals surface area contributed by atoms with Crippen LogP contribution in [-0.2, 0) is 16.0 Å². The maximum atomic E-state index is 12.7. The standard InChI is InChI=1S/C23H33N3O5/c1-30-19-11-9-16(15-20(19)31-2)13-14-26-22(28)18(25-23(26)29)10-12-21(27)24-17-7-5-3-4-6-8-17/h9,11,15,17-18H,3-8,10,12-14H2,1-2H3,(H,24,27)(H,25,29)/t18-/m1/s1. The third kappa shape index (κ3) is 6.12. The van der Waals surface area contributed by atoms with E-state index in [0.717, 1.165) is 31.2 Å². The van der Waals surface area contributed by atoms with Crippen LogP contribution in [-0.4, -0.2) is 55.6 Å². The van der Waals surface area contributed by atoms with Gasteiger partial charge in [0.05, 0.1) is 14.2 Å². The average molecular weight is 432 g/mol. The lowest BCUT2D eigenvalue weighted by atomic mass is 10.1. The molecule has 3 rings (SSSR count). The minimum Gasteiger partial charge on any atom is -0.493 e. The summed E-state index contributed by atoms with van der Waals surface area (Å²) in [6.07, 6.45) is 7.86. The van der Waals surface area contributed by atoms with Crippen LogP contribution in [0.4, 0.5) is 4.79 Å². The van der Waals surface area contributed by atoms with E-state index >= 15 is 0 Å². The highest BCUT2D eigenvalue weighted by Crippen LogP contribution is 2.28. The number of nitrogens with one attached hydrogen (secondary N) is 2. The first-order chi connectivity index (χ1) is 15.0. The van der Waals surface area contributed by atoms with Gasteiger partial charge in [-0.25, -0.2) is 4.79 Å².